The molecule has 3 aromatic rings. The van der Waals surface area contributed by atoms with E-state index in [9.17, 15) is 10.4 Å². The third-order valence-corrected chi connectivity index (χ3v) is 3.73. The standard InChI is InChI=1S/C18H16N4O/c19-13-16-18(22(11-12-23)21-20-16)17(14-7-3-1-4-8-14)15-9-5-2-6-10-15/h1-10,17,23H,11-12H2. The van der Waals surface area contributed by atoms with E-state index in [4.69, 9.17) is 0 Å². The zero-order valence-corrected chi connectivity index (χ0v) is 12.5. The lowest BCUT2D eigenvalue weighted by molar-refractivity contribution is 0.265. The molecule has 0 saturated heterocycles. The summed E-state index contributed by atoms with van der Waals surface area (Å²) >= 11 is 0. The fourth-order valence-corrected chi connectivity index (χ4v) is 2.74. The molecule has 0 aliphatic rings. The summed E-state index contributed by atoms with van der Waals surface area (Å²) in [6.45, 7) is 0.248. The van der Waals surface area contributed by atoms with Gasteiger partial charge in [0.25, 0.3) is 0 Å². The molecule has 3 rings (SSSR count). The summed E-state index contributed by atoms with van der Waals surface area (Å²) in [6, 6.07) is 22.0. The van der Waals surface area contributed by atoms with E-state index in [-0.39, 0.29) is 18.2 Å². The van der Waals surface area contributed by atoms with Crippen molar-refractivity contribution in [1.29, 1.82) is 5.26 Å². The number of nitriles is 1. The van der Waals surface area contributed by atoms with E-state index in [0.29, 0.717) is 12.2 Å². The predicted molar refractivity (Wildman–Crippen MR) is 85.7 cm³/mol. The molecule has 0 fully saturated rings. The average molecular weight is 304 g/mol. The molecule has 23 heavy (non-hydrogen) atoms. The first kappa shape index (κ1) is 14.9. The molecule has 0 amide bonds. The number of nitrogens with zero attached hydrogens (tertiary/aromatic N) is 4. The van der Waals surface area contributed by atoms with Crippen molar-refractivity contribution in [3.63, 3.8) is 0 Å². The topological polar surface area (TPSA) is 74.7 Å². The predicted octanol–water partition coefficient (Wildman–Crippen LogP) is 2.32. The zero-order valence-electron chi connectivity index (χ0n) is 12.5. The van der Waals surface area contributed by atoms with Crippen molar-refractivity contribution in [3.05, 3.63) is 83.2 Å². The largest absolute Gasteiger partial charge is 0.394 e. The van der Waals surface area contributed by atoms with Crippen molar-refractivity contribution >= 4 is 0 Å². The lowest BCUT2D eigenvalue weighted by Crippen LogP contribution is -2.14. The van der Waals surface area contributed by atoms with Crippen molar-refractivity contribution in [3.8, 4) is 6.07 Å². The van der Waals surface area contributed by atoms with Gasteiger partial charge < -0.3 is 5.11 Å². The van der Waals surface area contributed by atoms with Gasteiger partial charge in [-0.05, 0) is 11.1 Å². The minimum Gasteiger partial charge on any atom is -0.394 e. The van der Waals surface area contributed by atoms with Crippen molar-refractivity contribution in [2.45, 2.75) is 12.5 Å². The summed E-state index contributed by atoms with van der Waals surface area (Å²) in [5, 5.41) is 26.7. The normalized spacial score (nSPS) is 10.7. The summed E-state index contributed by atoms with van der Waals surface area (Å²) in [5.41, 5.74) is 3.10. The molecule has 0 saturated carbocycles. The molecular weight excluding hydrogens is 288 g/mol. The maximum absolute atomic E-state index is 9.41. The molecule has 5 heteroatoms. The number of aliphatic hydroxyl groups excluding tert-OH is 1. The van der Waals surface area contributed by atoms with Crippen LogP contribution in [0.2, 0.25) is 0 Å². The van der Waals surface area contributed by atoms with E-state index in [1.807, 2.05) is 60.7 Å². The Labute approximate surface area is 134 Å². The van der Waals surface area contributed by atoms with Gasteiger partial charge in [0, 0.05) is 0 Å². The number of benzene rings is 2. The Morgan fingerprint density at radius 1 is 1.00 bits per heavy atom. The molecule has 0 unspecified atom stereocenters. The molecule has 0 aliphatic carbocycles. The van der Waals surface area contributed by atoms with Gasteiger partial charge in [0.1, 0.15) is 6.07 Å². The summed E-state index contributed by atoms with van der Waals surface area (Å²) < 4.78 is 1.61. The highest BCUT2D eigenvalue weighted by molar-refractivity contribution is 5.44. The lowest BCUT2D eigenvalue weighted by Gasteiger charge is -2.19. The first-order chi connectivity index (χ1) is 11.3. The Morgan fingerprint density at radius 3 is 2.04 bits per heavy atom. The zero-order chi connectivity index (χ0) is 16.1. The fraction of sp³-hybridized carbons (Fsp3) is 0.167. The van der Waals surface area contributed by atoms with Crippen LogP contribution in [0.15, 0.2) is 60.7 Å². The molecule has 0 spiro atoms. The van der Waals surface area contributed by atoms with Gasteiger partial charge in [-0.15, -0.1) is 5.10 Å². The summed E-state index contributed by atoms with van der Waals surface area (Å²) in [5.74, 6) is -0.159. The summed E-state index contributed by atoms with van der Waals surface area (Å²) in [4.78, 5) is 0. The second-order valence-electron chi connectivity index (χ2n) is 5.14. The van der Waals surface area contributed by atoms with E-state index in [1.165, 1.54) is 0 Å². The van der Waals surface area contributed by atoms with Crippen molar-refractivity contribution < 1.29 is 5.11 Å². The highest BCUT2D eigenvalue weighted by Gasteiger charge is 2.25. The highest BCUT2D eigenvalue weighted by Crippen LogP contribution is 2.32. The monoisotopic (exact) mass is 304 g/mol. The van der Waals surface area contributed by atoms with Gasteiger partial charge in [-0.25, -0.2) is 4.68 Å². The maximum atomic E-state index is 9.41. The third-order valence-electron chi connectivity index (χ3n) is 3.73. The Hall–Kier alpha value is -2.97. The smallest absolute Gasteiger partial charge is 0.186 e. The lowest BCUT2D eigenvalue weighted by atomic mass is 9.87. The first-order valence-corrected chi connectivity index (χ1v) is 7.39. The van der Waals surface area contributed by atoms with Crippen LogP contribution in [-0.4, -0.2) is 26.7 Å². The van der Waals surface area contributed by atoms with E-state index in [1.54, 1.807) is 4.68 Å². The molecular formula is C18H16N4O. The van der Waals surface area contributed by atoms with Crippen LogP contribution in [0.1, 0.15) is 28.4 Å². The summed E-state index contributed by atoms with van der Waals surface area (Å²) in [7, 11) is 0. The molecule has 1 aromatic heterocycles. The van der Waals surface area contributed by atoms with Crippen LogP contribution in [0.5, 0.6) is 0 Å². The molecule has 5 nitrogen and oxygen atoms in total. The van der Waals surface area contributed by atoms with Crippen LogP contribution < -0.4 is 0 Å². The van der Waals surface area contributed by atoms with Crippen LogP contribution in [0.3, 0.4) is 0 Å². The Kier molecular flexibility index (Phi) is 4.46. The van der Waals surface area contributed by atoms with Crippen molar-refractivity contribution in [2.75, 3.05) is 6.61 Å². The fourth-order valence-electron chi connectivity index (χ4n) is 2.74. The molecule has 114 valence electrons. The van der Waals surface area contributed by atoms with Gasteiger partial charge in [-0.3, -0.25) is 0 Å². The molecule has 0 aliphatic heterocycles. The minimum absolute atomic E-state index is 0.0580. The van der Waals surface area contributed by atoms with Crippen LogP contribution >= 0.6 is 0 Å². The second-order valence-corrected chi connectivity index (χ2v) is 5.14. The SMILES string of the molecule is N#Cc1nnn(CCO)c1C(c1ccccc1)c1ccccc1. The Morgan fingerprint density at radius 2 is 1.57 bits per heavy atom. The van der Waals surface area contributed by atoms with Crippen LogP contribution in [0.4, 0.5) is 0 Å². The third kappa shape index (κ3) is 2.98. The van der Waals surface area contributed by atoms with E-state index in [0.717, 1.165) is 11.1 Å². The van der Waals surface area contributed by atoms with Gasteiger partial charge in [0.15, 0.2) is 5.69 Å². The molecule has 0 bridgehead atoms. The average Bonchev–Trinajstić information content (AvgIpc) is 3.00. The van der Waals surface area contributed by atoms with Crippen LogP contribution in [-0.2, 0) is 6.54 Å². The quantitative estimate of drug-likeness (QED) is 0.785. The van der Waals surface area contributed by atoms with Crippen molar-refractivity contribution in [2.24, 2.45) is 0 Å². The van der Waals surface area contributed by atoms with Gasteiger partial charge in [0.2, 0.25) is 0 Å². The number of hydrogen-bond acceptors (Lipinski definition) is 4. The molecule has 1 N–H and O–H groups in total. The second kappa shape index (κ2) is 6.86. The molecule has 0 atom stereocenters. The molecule has 1 heterocycles. The van der Waals surface area contributed by atoms with E-state index >= 15 is 0 Å². The van der Waals surface area contributed by atoms with Gasteiger partial charge in [-0.2, -0.15) is 5.26 Å². The van der Waals surface area contributed by atoms with E-state index < -0.39 is 0 Å². The van der Waals surface area contributed by atoms with E-state index in [2.05, 4.69) is 16.4 Å². The summed E-state index contributed by atoms with van der Waals surface area (Å²) in [6.07, 6.45) is 0. The van der Waals surface area contributed by atoms with Gasteiger partial charge in [-0.1, -0.05) is 65.9 Å². The molecule has 0 radical (unpaired) electrons. The minimum atomic E-state index is -0.159. The highest BCUT2D eigenvalue weighted by atomic mass is 16.3. The van der Waals surface area contributed by atoms with Crippen LogP contribution in [0, 0.1) is 11.3 Å². The molecule has 2 aromatic carbocycles. The van der Waals surface area contributed by atoms with Crippen molar-refractivity contribution in [1.82, 2.24) is 15.0 Å². The Balaban J connectivity index is 2.21. The number of hydrogen-bond donors (Lipinski definition) is 1. The van der Waals surface area contributed by atoms with Gasteiger partial charge >= 0.3 is 0 Å². The number of aliphatic hydroxyl groups is 1. The maximum Gasteiger partial charge on any atom is 0.186 e. The first-order valence-electron chi connectivity index (χ1n) is 7.39. The number of rotatable bonds is 5. The Bertz CT molecular complexity index is 767. The number of aromatic nitrogens is 3. The van der Waals surface area contributed by atoms with Gasteiger partial charge in [0.05, 0.1) is 24.8 Å². The van der Waals surface area contributed by atoms with Crippen LogP contribution in [0.25, 0.3) is 0 Å².